The van der Waals surface area contributed by atoms with Gasteiger partial charge in [-0.3, -0.25) is 0 Å². The molecule has 0 aliphatic rings. The second kappa shape index (κ2) is 10.4. The normalized spacial score (nSPS) is 9.67. The van der Waals surface area contributed by atoms with Gasteiger partial charge in [0, 0.05) is 26.2 Å². The van der Waals surface area contributed by atoms with Crippen molar-refractivity contribution in [2.24, 2.45) is 0 Å². The van der Waals surface area contributed by atoms with E-state index >= 15 is 0 Å². The van der Waals surface area contributed by atoms with E-state index in [0.29, 0.717) is 6.42 Å². The van der Waals surface area contributed by atoms with Gasteiger partial charge in [0.1, 0.15) is 0 Å². The van der Waals surface area contributed by atoms with Gasteiger partial charge in [-0.25, -0.2) is 0 Å². The van der Waals surface area contributed by atoms with Gasteiger partial charge in [0.2, 0.25) is 0 Å². The number of hydrogen-bond acceptors (Lipinski definition) is 3. The standard InChI is InChI=1S/C9H18N2O/c1-2-8-12-9-4-7-11-6-3-5-10/h11H,2-4,6-9H2,1H3. The average Bonchev–Trinajstić information content (AvgIpc) is 2.10. The van der Waals surface area contributed by atoms with E-state index in [0.717, 1.165) is 39.1 Å². The Hall–Kier alpha value is -0.590. The summed E-state index contributed by atoms with van der Waals surface area (Å²) in [6, 6.07) is 2.09. The van der Waals surface area contributed by atoms with Gasteiger partial charge in [-0.1, -0.05) is 6.92 Å². The van der Waals surface area contributed by atoms with Crippen molar-refractivity contribution >= 4 is 0 Å². The summed E-state index contributed by atoms with van der Waals surface area (Å²) in [5, 5.41) is 11.4. The van der Waals surface area contributed by atoms with Crippen LogP contribution in [0.5, 0.6) is 0 Å². The van der Waals surface area contributed by atoms with Crippen LogP contribution >= 0.6 is 0 Å². The zero-order valence-corrected chi connectivity index (χ0v) is 7.81. The first-order chi connectivity index (χ1) is 5.91. The van der Waals surface area contributed by atoms with Gasteiger partial charge in [0.25, 0.3) is 0 Å². The van der Waals surface area contributed by atoms with Crippen molar-refractivity contribution < 1.29 is 4.74 Å². The molecule has 0 rings (SSSR count). The maximum absolute atomic E-state index is 8.22. The van der Waals surface area contributed by atoms with E-state index in [1.807, 2.05) is 0 Å². The molecule has 0 aliphatic heterocycles. The van der Waals surface area contributed by atoms with Crippen LogP contribution in [0.15, 0.2) is 0 Å². The quantitative estimate of drug-likeness (QED) is 0.558. The summed E-state index contributed by atoms with van der Waals surface area (Å²) in [5.74, 6) is 0. The Morgan fingerprint density at radius 3 is 2.83 bits per heavy atom. The smallest absolute Gasteiger partial charge is 0.0635 e. The Bertz CT molecular complexity index is 120. The molecule has 0 unspecified atom stereocenters. The summed E-state index contributed by atoms with van der Waals surface area (Å²) in [5.41, 5.74) is 0. The van der Waals surface area contributed by atoms with Crippen molar-refractivity contribution in [1.82, 2.24) is 5.32 Å². The zero-order chi connectivity index (χ0) is 9.07. The maximum Gasteiger partial charge on any atom is 0.0635 e. The first-order valence-electron chi connectivity index (χ1n) is 4.57. The molecule has 0 bridgehead atoms. The van der Waals surface area contributed by atoms with Crippen LogP contribution in [0.25, 0.3) is 0 Å². The second-order valence-corrected chi connectivity index (χ2v) is 2.62. The van der Waals surface area contributed by atoms with Crippen molar-refractivity contribution in [2.75, 3.05) is 26.3 Å². The fourth-order valence-corrected chi connectivity index (χ4v) is 0.815. The minimum atomic E-state index is 0.593. The molecule has 3 nitrogen and oxygen atoms in total. The molecule has 70 valence electrons. The van der Waals surface area contributed by atoms with Crippen LogP contribution in [0.1, 0.15) is 26.2 Å². The fourth-order valence-electron chi connectivity index (χ4n) is 0.815. The van der Waals surface area contributed by atoms with Crippen LogP contribution in [0.3, 0.4) is 0 Å². The van der Waals surface area contributed by atoms with E-state index in [2.05, 4.69) is 18.3 Å². The third kappa shape index (κ3) is 9.41. The number of nitrogens with zero attached hydrogens (tertiary/aromatic N) is 1. The third-order valence-corrected chi connectivity index (χ3v) is 1.40. The largest absolute Gasteiger partial charge is 0.381 e. The van der Waals surface area contributed by atoms with Gasteiger partial charge in [0.05, 0.1) is 6.07 Å². The van der Waals surface area contributed by atoms with E-state index in [4.69, 9.17) is 10.00 Å². The molecule has 0 radical (unpaired) electrons. The van der Waals surface area contributed by atoms with Crippen molar-refractivity contribution in [3.05, 3.63) is 0 Å². The van der Waals surface area contributed by atoms with E-state index in [-0.39, 0.29) is 0 Å². The highest BCUT2D eigenvalue weighted by atomic mass is 16.5. The van der Waals surface area contributed by atoms with Crippen molar-refractivity contribution in [1.29, 1.82) is 5.26 Å². The minimum absolute atomic E-state index is 0.593. The van der Waals surface area contributed by atoms with Crippen molar-refractivity contribution in [3.8, 4) is 6.07 Å². The van der Waals surface area contributed by atoms with Gasteiger partial charge >= 0.3 is 0 Å². The number of nitriles is 1. The van der Waals surface area contributed by atoms with Crippen LogP contribution in [0, 0.1) is 11.3 Å². The Kier molecular flexibility index (Phi) is 9.90. The number of hydrogen-bond donors (Lipinski definition) is 1. The molecule has 0 fully saturated rings. The topological polar surface area (TPSA) is 45.0 Å². The second-order valence-electron chi connectivity index (χ2n) is 2.62. The molecule has 12 heavy (non-hydrogen) atoms. The lowest BCUT2D eigenvalue weighted by atomic mass is 10.4. The fraction of sp³-hybridized carbons (Fsp3) is 0.889. The van der Waals surface area contributed by atoms with Crippen molar-refractivity contribution in [3.63, 3.8) is 0 Å². The first kappa shape index (κ1) is 11.4. The maximum atomic E-state index is 8.22. The summed E-state index contributed by atoms with van der Waals surface area (Å²) in [6.07, 6.45) is 2.71. The molecule has 0 atom stereocenters. The molecule has 0 spiro atoms. The highest BCUT2D eigenvalue weighted by Crippen LogP contribution is 1.83. The summed E-state index contributed by atoms with van der Waals surface area (Å²) in [4.78, 5) is 0. The number of rotatable bonds is 8. The Morgan fingerprint density at radius 2 is 2.17 bits per heavy atom. The molecule has 3 heteroatoms. The van der Waals surface area contributed by atoms with Gasteiger partial charge in [-0.15, -0.1) is 0 Å². The Balaban J connectivity index is 2.78. The van der Waals surface area contributed by atoms with Gasteiger partial charge in [-0.05, 0) is 19.4 Å². The summed E-state index contributed by atoms with van der Waals surface area (Å²) in [6.45, 7) is 5.53. The van der Waals surface area contributed by atoms with Gasteiger partial charge in [0.15, 0.2) is 0 Å². The highest BCUT2D eigenvalue weighted by Gasteiger charge is 1.88. The molecule has 0 aliphatic carbocycles. The number of ether oxygens (including phenoxy) is 1. The van der Waals surface area contributed by atoms with E-state index in [9.17, 15) is 0 Å². The molecular formula is C9H18N2O. The molecule has 0 aromatic carbocycles. The SMILES string of the molecule is CCCOCCCNCCC#N. The molecule has 1 N–H and O–H groups in total. The van der Waals surface area contributed by atoms with Crippen LogP contribution in [-0.4, -0.2) is 26.3 Å². The number of nitrogens with one attached hydrogen (secondary N) is 1. The Morgan fingerprint density at radius 1 is 1.33 bits per heavy atom. The zero-order valence-electron chi connectivity index (χ0n) is 7.81. The third-order valence-electron chi connectivity index (χ3n) is 1.40. The first-order valence-corrected chi connectivity index (χ1v) is 4.57. The molecule has 0 heterocycles. The highest BCUT2D eigenvalue weighted by molar-refractivity contribution is 4.69. The molecule has 0 aromatic rings. The van der Waals surface area contributed by atoms with E-state index in [1.54, 1.807) is 0 Å². The van der Waals surface area contributed by atoms with E-state index < -0.39 is 0 Å². The molecule has 0 amide bonds. The van der Waals surface area contributed by atoms with Crippen LogP contribution in [-0.2, 0) is 4.74 Å². The van der Waals surface area contributed by atoms with Crippen LogP contribution in [0.4, 0.5) is 0 Å². The lowest BCUT2D eigenvalue weighted by Gasteiger charge is -2.02. The van der Waals surface area contributed by atoms with Crippen molar-refractivity contribution in [2.45, 2.75) is 26.2 Å². The van der Waals surface area contributed by atoms with E-state index in [1.165, 1.54) is 0 Å². The molecular weight excluding hydrogens is 152 g/mol. The molecule has 0 aromatic heterocycles. The monoisotopic (exact) mass is 170 g/mol. The summed E-state index contributed by atoms with van der Waals surface area (Å²) < 4.78 is 5.28. The average molecular weight is 170 g/mol. The molecule has 0 saturated carbocycles. The predicted molar refractivity (Wildman–Crippen MR) is 48.8 cm³/mol. The lowest BCUT2D eigenvalue weighted by molar-refractivity contribution is 0.132. The lowest BCUT2D eigenvalue weighted by Crippen LogP contribution is -2.17. The van der Waals surface area contributed by atoms with Gasteiger partial charge in [-0.2, -0.15) is 5.26 Å². The minimum Gasteiger partial charge on any atom is -0.381 e. The van der Waals surface area contributed by atoms with Crippen LogP contribution < -0.4 is 5.32 Å². The van der Waals surface area contributed by atoms with Gasteiger partial charge < -0.3 is 10.1 Å². The molecule has 0 saturated heterocycles. The van der Waals surface area contributed by atoms with Crippen LogP contribution in [0.2, 0.25) is 0 Å². The summed E-state index contributed by atoms with van der Waals surface area (Å²) >= 11 is 0. The Labute approximate surface area is 74.7 Å². The predicted octanol–water partition coefficient (Wildman–Crippen LogP) is 1.31. The summed E-state index contributed by atoms with van der Waals surface area (Å²) in [7, 11) is 0.